The molecule has 2 aliphatic rings. The minimum Gasteiger partial charge on any atom is -0.389 e. The summed E-state index contributed by atoms with van der Waals surface area (Å²) in [6, 6.07) is -0.00659. The number of aromatic nitrogens is 3. The van der Waals surface area contributed by atoms with Crippen molar-refractivity contribution < 1.29 is 9.84 Å². The number of aliphatic hydroxyl groups excluding tert-OH is 1. The molecule has 3 atom stereocenters. The first kappa shape index (κ1) is 14.9. The maximum absolute atomic E-state index is 10.1. The molecule has 1 aliphatic carbocycles. The number of rotatable bonds is 5. The van der Waals surface area contributed by atoms with Crippen LogP contribution >= 0.6 is 0 Å². The molecule has 0 amide bonds. The van der Waals surface area contributed by atoms with Crippen LogP contribution in [0.3, 0.4) is 0 Å². The largest absolute Gasteiger partial charge is 0.389 e. The molecule has 1 aromatic rings. The predicted molar refractivity (Wildman–Crippen MR) is 79.0 cm³/mol. The lowest BCUT2D eigenvalue weighted by atomic mass is 9.93. The van der Waals surface area contributed by atoms with Crippen LogP contribution in [0.2, 0.25) is 0 Å². The molecule has 0 aromatic carbocycles. The molecule has 2 N–H and O–H groups in total. The summed E-state index contributed by atoms with van der Waals surface area (Å²) in [7, 11) is 0. The van der Waals surface area contributed by atoms with Crippen molar-refractivity contribution in [2.24, 2.45) is 5.92 Å². The Kier molecular flexibility index (Phi) is 4.03. The fraction of sp³-hybridized carbons (Fsp3) is 0.867. The molecule has 2 heterocycles. The van der Waals surface area contributed by atoms with Crippen LogP contribution < -0.4 is 5.32 Å². The van der Waals surface area contributed by atoms with E-state index in [-0.39, 0.29) is 17.6 Å². The molecular weight excluding hydrogens is 268 g/mol. The van der Waals surface area contributed by atoms with E-state index in [0.717, 1.165) is 18.2 Å². The van der Waals surface area contributed by atoms with Crippen LogP contribution in [0.1, 0.15) is 39.3 Å². The molecular formula is C15H26N4O2. The van der Waals surface area contributed by atoms with Gasteiger partial charge in [-0.1, -0.05) is 26.0 Å². The first-order valence-electron chi connectivity index (χ1n) is 7.87. The molecule has 1 saturated carbocycles. The number of nitrogens with zero attached hydrogens (tertiary/aromatic N) is 3. The molecule has 2 fully saturated rings. The second kappa shape index (κ2) is 5.66. The number of aliphatic hydroxyl groups is 1. The number of ether oxygens (including phenoxy) is 1. The fourth-order valence-electron chi connectivity index (χ4n) is 2.65. The summed E-state index contributed by atoms with van der Waals surface area (Å²) in [5.41, 5.74) is 0.973. The van der Waals surface area contributed by atoms with Gasteiger partial charge in [0.1, 0.15) is 0 Å². The van der Waals surface area contributed by atoms with Crippen molar-refractivity contribution in [2.45, 2.75) is 63.8 Å². The Bertz CT molecular complexity index is 478. The van der Waals surface area contributed by atoms with Crippen molar-refractivity contribution in [2.75, 3.05) is 13.2 Å². The molecule has 1 aliphatic heterocycles. The van der Waals surface area contributed by atoms with Gasteiger partial charge in [0.2, 0.25) is 0 Å². The van der Waals surface area contributed by atoms with E-state index in [1.54, 1.807) is 0 Å². The van der Waals surface area contributed by atoms with E-state index in [1.165, 1.54) is 12.8 Å². The molecule has 1 saturated heterocycles. The molecule has 6 heteroatoms. The topological polar surface area (TPSA) is 72.2 Å². The lowest BCUT2D eigenvalue weighted by Crippen LogP contribution is -2.46. The lowest BCUT2D eigenvalue weighted by Gasteiger charge is -2.21. The van der Waals surface area contributed by atoms with Crippen LogP contribution in [0.25, 0.3) is 0 Å². The molecule has 0 bridgehead atoms. The Morgan fingerprint density at radius 1 is 1.43 bits per heavy atom. The molecule has 21 heavy (non-hydrogen) atoms. The quantitative estimate of drug-likeness (QED) is 0.836. The van der Waals surface area contributed by atoms with Gasteiger partial charge in [0.05, 0.1) is 37.1 Å². The normalized spacial score (nSPS) is 30.0. The van der Waals surface area contributed by atoms with Gasteiger partial charge in [-0.05, 0) is 25.3 Å². The lowest BCUT2D eigenvalue weighted by molar-refractivity contribution is 0.0741. The van der Waals surface area contributed by atoms with Gasteiger partial charge in [-0.2, -0.15) is 0 Å². The minimum atomic E-state index is -0.431. The van der Waals surface area contributed by atoms with Gasteiger partial charge in [-0.25, -0.2) is 4.68 Å². The zero-order chi connectivity index (χ0) is 15.0. The van der Waals surface area contributed by atoms with Crippen LogP contribution in [0.4, 0.5) is 0 Å². The van der Waals surface area contributed by atoms with E-state index >= 15 is 0 Å². The highest BCUT2D eigenvalue weighted by atomic mass is 16.5. The zero-order valence-electron chi connectivity index (χ0n) is 13.1. The van der Waals surface area contributed by atoms with Gasteiger partial charge >= 0.3 is 0 Å². The van der Waals surface area contributed by atoms with Crippen molar-refractivity contribution >= 4 is 0 Å². The number of hydrogen-bond donors (Lipinski definition) is 2. The third-order valence-corrected chi connectivity index (χ3v) is 4.31. The van der Waals surface area contributed by atoms with E-state index in [0.29, 0.717) is 13.2 Å². The first-order valence-corrected chi connectivity index (χ1v) is 7.87. The average molecular weight is 294 g/mol. The van der Waals surface area contributed by atoms with Crippen LogP contribution in [0.5, 0.6) is 0 Å². The molecule has 6 nitrogen and oxygen atoms in total. The molecule has 3 rings (SSSR count). The third-order valence-electron chi connectivity index (χ3n) is 4.31. The van der Waals surface area contributed by atoms with Gasteiger partial charge in [0, 0.05) is 11.6 Å². The Balaban J connectivity index is 1.60. The monoisotopic (exact) mass is 294 g/mol. The smallest absolute Gasteiger partial charge is 0.0952 e. The summed E-state index contributed by atoms with van der Waals surface area (Å²) >= 11 is 0. The van der Waals surface area contributed by atoms with Crippen molar-refractivity contribution in [3.8, 4) is 0 Å². The van der Waals surface area contributed by atoms with Crippen LogP contribution in [-0.4, -0.2) is 51.5 Å². The molecule has 0 spiro atoms. The highest BCUT2D eigenvalue weighted by Crippen LogP contribution is 2.28. The third kappa shape index (κ3) is 3.62. The Morgan fingerprint density at radius 2 is 2.19 bits per heavy atom. The predicted octanol–water partition coefficient (Wildman–Crippen LogP) is 0.703. The summed E-state index contributed by atoms with van der Waals surface area (Å²) in [6.07, 6.45) is 4.11. The van der Waals surface area contributed by atoms with E-state index in [4.69, 9.17) is 4.74 Å². The Morgan fingerprint density at radius 3 is 2.81 bits per heavy atom. The van der Waals surface area contributed by atoms with Gasteiger partial charge in [-0.3, -0.25) is 0 Å². The van der Waals surface area contributed by atoms with Gasteiger partial charge in [0.25, 0.3) is 0 Å². The Labute approximate surface area is 125 Å². The van der Waals surface area contributed by atoms with Crippen molar-refractivity contribution in [3.05, 3.63) is 11.9 Å². The van der Waals surface area contributed by atoms with Gasteiger partial charge < -0.3 is 15.2 Å². The minimum absolute atomic E-state index is 0.00206. The number of nitrogens with one attached hydrogen (secondary N) is 1. The summed E-state index contributed by atoms with van der Waals surface area (Å²) in [5.74, 6) is 0.789. The van der Waals surface area contributed by atoms with Crippen LogP contribution in [0, 0.1) is 5.92 Å². The average Bonchev–Trinajstić information content (AvgIpc) is 2.99. The maximum atomic E-state index is 10.1. The fourth-order valence-corrected chi connectivity index (χ4v) is 2.65. The molecule has 0 unspecified atom stereocenters. The highest BCUT2D eigenvalue weighted by Gasteiger charge is 2.37. The number of hydrogen-bond acceptors (Lipinski definition) is 5. The SMILES string of the molecule is CC(C)(C)c1cn(C[C@H]2OC[C@H](O)[C@H]2NCC2CC2)nn1. The molecule has 0 radical (unpaired) electrons. The van der Waals surface area contributed by atoms with Crippen LogP contribution in [0.15, 0.2) is 6.20 Å². The van der Waals surface area contributed by atoms with E-state index in [9.17, 15) is 5.11 Å². The van der Waals surface area contributed by atoms with Gasteiger partial charge in [-0.15, -0.1) is 5.10 Å². The second-order valence-corrected chi connectivity index (χ2v) is 7.39. The van der Waals surface area contributed by atoms with E-state index in [1.807, 2.05) is 10.9 Å². The van der Waals surface area contributed by atoms with E-state index in [2.05, 4.69) is 36.4 Å². The van der Waals surface area contributed by atoms with Gasteiger partial charge in [0.15, 0.2) is 0 Å². The van der Waals surface area contributed by atoms with Crippen molar-refractivity contribution in [3.63, 3.8) is 0 Å². The standard InChI is InChI=1S/C15H26N4O2/c1-15(2,3)13-8-19(18-17-13)7-12-14(11(20)9-21-12)16-6-10-4-5-10/h8,10-12,14,16,20H,4-7,9H2,1-3H3/t11-,12+,14+/m0/s1. The summed E-state index contributed by atoms with van der Waals surface area (Å²) in [4.78, 5) is 0. The molecule has 118 valence electrons. The van der Waals surface area contributed by atoms with Crippen molar-refractivity contribution in [1.82, 2.24) is 20.3 Å². The van der Waals surface area contributed by atoms with E-state index < -0.39 is 6.10 Å². The summed E-state index contributed by atoms with van der Waals surface area (Å²) in [6.45, 7) is 8.37. The second-order valence-electron chi connectivity index (χ2n) is 7.39. The Hall–Kier alpha value is -0.980. The first-order chi connectivity index (χ1) is 9.93. The molecule has 1 aromatic heterocycles. The van der Waals surface area contributed by atoms with Crippen molar-refractivity contribution in [1.29, 1.82) is 0 Å². The zero-order valence-corrected chi connectivity index (χ0v) is 13.1. The highest BCUT2D eigenvalue weighted by molar-refractivity contribution is 5.06. The summed E-state index contributed by atoms with van der Waals surface area (Å²) in [5, 5.41) is 22.0. The van der Waals surface area contributed by atoms with Crippen LogP contribution in [-0.2, 0) is 16.7 Å². The summed E-state index contributed by atoms with van der Waals surface area (Å²) < 4.78 is 7.56. The maximum Gasteiger partial charge on any atom is 0.0952 e.